The molecule has 0 bridgehead atoms. The van der Waals surface area contributed by atoms with E-state index in [1.54, 1.807) is 0 Å². The molecular formula is C23H22N8O. The molecule has 9 nitrogen and oxygen atoms in total. The number of nitrogens with zero attached hydrogens (tertiary/aromatic N) is 5. The molecule has 0 aliphatic carbocycles. The molecule has 0 unspecified atom stereocenters. The van der Waals surface area contributed by atoms with Gasteiger partial charge >= 0.3 is 0 Å². The Hall–Kier alpha value is -3.98. The fourth-order valence-corrected chi connectivity index (χ4v) is 4.33. The van der Waals surface area contributed by atoms with Crippen molar-refractivity contribution in [2.45, 2.75) is 18.9 Å². The molecule has 2 aromatic carbocycles. The van der Waals surface area contributed by atoms with Crippen LogP contribution in [0.1, 0.15) is 18.9 Å². The summed E-state index contributed by atoms with van der Waals surface area (Å²) in [6.07, 6.45) is 3.53. The van der Waals surface area contributed by atoms with Gasteiger partial charge < -0.3 is 20.9 Å². The maximum absolute atomic E-state index is 6.26. The zero-order valence-corrected chi connectivity index (χ0v) is 17.3. The van der Waals surface area contributed by atoms with Crippen LogP contribution in [-0.4, -0.2) is 38.0 Å². The Balaban J connectivity index is 1.36. The largest absolute Gasteiger partial charge is 0.383 e. The van der Waals surface area contributed by atoms with E-state index in [4.69, 9.17) is 15.4 Å². The predicted molar refractivity (Wildman–Crippen MR) is 124 cm³/mol. The molecule has 6 rings (SSSR count). The van der Waals surface area contributed by atoms with Gasteiger partial charge in [-0.05, 0) is 50.2 Å². The van der Waals surface area contributed by atoms with Crippen molar-refractivity contribution < 1.29 is 4.52 Å². The average molecular weight is 426 g/mol. The quantitative estimate of drug-likeness (QED) is 0.396. The van der Waals surface area contributed by atoms with Crippen LogP contribution in [0, 0.1) is 0 Å². The van der Waals surface area contributed by atoms with E-state index in [-0.39, 0.29) is 0 Å². The lowest BCUT2D eigenvalue weighted by Crippen LogP contribution is -2.30. The van der Waals surface area contributed by atoms with Gasteiger partial charge in [0.1, 0.15) is 23.4 Å². The van der Waals surface area contributed by atoms with Gasteiger partial charge in [-0.3, -0.25) is 0 Å². The molecule has 0 radical (unpaired) electrons. The van der Waals surface area contributed by atoms with Gasteiger partial charge in [0.2, 0.25) is 5.88 Å². The smallest absolute Gasteiger partial charge is 0.236 e. The highest BCUT2D eigenvalue weighted by Crippen LogP contribution is 2.34. The predicted octanol–water partition coefficient (Wildman–Crippen LogP) is 3.88. The van der Waals surface area contributed by atoms with Crippen LogP contribution < -0.4 is 16.4 Å². The summed E-state index contributed by atoms with van der Waals surface area (Å²) in [7, 11) is 0. The molecule has 1 fully saturated rings. The number of hydrogen-bond acceptors (Lipinski definition) is 8. The Morgan fingerprint density at radius 1 is 1.03 bits per heavy atom. The first-order valence-corrected chi connectivity index (χ1v) is 10.7. The highest BCUT2D eigenvalue weighted by atomic mass is 16.5. The molecule has 0 amide bonds. The van der Waals surface area contributed by atoms with Gasteiger partial charge in [0.25, 0.3) is 0 Å². The standard InChI is InChI=1S/C23H22N8O/c24-21-19-20(29-31(22(19)27-13-26-21)16-9-11-25-12-10-16)14-5-7-15(8-6-14)28-23-17-3-1-2-4-18(17)30-32-23/h1-8,13,16,25,28H,9-12H2,(H2,24,26,27). The highest BCUT2D eigenvalue weighted by Gasteiger charge is 2.23. The summed E-state index contributed by atoms with van der Waals surface area (Å²) in [5.74, 6) is 1.06. The van der Waals surface area contributed by atoms with Crippen LogP contribution in [0.5, 0.6) is 0 Å². The van der Waals surface area contributed by atoms with Gasteiger partial charge in [-0.25, -0.2) is 14.6 Å². The van der Waals surface area contributed by atoms with Crippen molar-refractivity contribution in [1.29, 1.82) is 0 Å². The van der Waals surface area contributed by atoms with Gasteiger partial charge in [0.05, 0.1) is 16.8 Å². The van der Waals surface area contributed by atoms with Gasteiger partial charge in [0.15, 0.2) is 5.65 Å². The SMILES string of the molecule is Nc1ncnc2c1c(-c1ccc(Nc3onc4ccccc34)cc1)nn2C1CCNCC1. The lowest BCUT2D eigenvalue weighted by molar-refractivity contribution is 0.350. The molecule has 4 N–H and O–H groups in total. The molecule has 1 aliphatic heterocycles. The number of fused-ring (bicyclic) bond motifs is 2. The van der Waals surface area contributed by atoms with Crippen LogP contribution in [0.4, 0.5) is 17.4 Å². The maximum atomic E-state index is 6.26. The number of nitrogens with two attached hydrogens (primary N) is 1. The molecule has 4 heterocycles. The number of rotatable bonds is 4. The van der Waals surface area contributed by atoms with E-state index in [0.29, 0.717) is 17.7 Å². The third-order valence-corrected chi connectivity index (χ3v) is 5.97. The minimum atomic E-state index is 0.294. The number of nitrogen functional groups attached to an aromatic ring is 1. The zero-order chi connectivity index (χ0) is 21.5. The summed E-state index contributed by atoms with van der Waals surface area (Å²) < 4.78 is 7.49. The van der Waals surface area contributed by atoms with Crippen LogP contribution >= 0.6 is 0 Å². The molecule has 0 atom stereocenters. The van der Waals surface area contributed by atoms with E-state index in [1.165, 1.54) is 6.33 Å². The Kier molecular flexibility index (Phi) is 4.46. The molecule has 3 aromatic heterocycles. The molecule has 1 aliphatic rings. The normalized spacial score (nSPS) is 14.9. The molecular weight excluding hydrogens is 404 g/mol. The van der Waals surface area contributed by atoms with Gasteiger partial charge in [-0.15, -0.1) is 0 Å². The van der Waals surface area contributed by atoms with Crippen LogP contribution in [0.2, 0.25) is 0 Å². The van der Waals surface area contributed by atoms with Gasteiger partial charge in [-0.1, -0.05) is 29.4 Å². The van der Waals surface area contributed by atoms with E-state index in [9.17, 15) is 0 Å². The van der Waals surface area contributed by atoms with Gasteiger partial charge in [-0.2, -0.15) is 5.10 Å². The van der Waals surface area contributed by atoms with Crippen molar-refractivity contribution >= 4 is 39.3 Å². The molecule has 32 heavy (non-hydrogen) atoms. The first-order valence-electron chi connectivity index (χ1n) is 10.7. The third kappa shape index (κ3) is 3.14. The number of anilines is 3. The summed E-state index contributed by atoms with van der Waals surface area (Å²) in [5.41, 5.74) is 10.5. The van der Waals surface area contributed by atoms with Crippen LogP contribution in [0.25, 0.3) is 33.2 Å². The number of aromatic nitrogens is 5. The first-order chi connectivity index (χ1) is 15.8. The second-order valence-electron chi connectivity index (χ2n) is 7.96. The summed E-state index contributed by atoms with van der Waals surface area (Å²) in [5, 5.41) is 17.5. The summed E-state index contributed by atoms with van der Waals surface area (Å²) in [6, 6.07) is 16.1. The molecule has 1 saturated heterocycles. The Bertz CT molecular complexity index is 1400. The highest BCUT2D eigenvalue weighted by molar-refractivity contribution is 5.98. The van der Waals surface area contributed by atoms with Crippen molar-refractivity contribution in [2.24, 2.45) is 0 Å². The number of piperidine rings is 1. The molecule has 160 valence electrons. The average Bonchev–Trinajstić information content (AvgIpc) is 3.43. The minimum Gasteiger partial charge on any atom is -0.383 e. The van der Waals surface area contributed by atoms with Crippen molar-refractivity contribution in [1.82, 2.24) is 30.2 Å². The zero-order valence-electron chi connectivity index (χ0n) is 17.3. The molecule has 0 saturated carbocycles. The first kappa shape index (κ1) is 18.8. The fourth-order valence-electron chi connectivity index (χ4n) is 4.33. The third-order valence-electron chi connectivity index (χ3n) is 5.97. The van der Waals surface area contributed by atoms with E-state index < -0.39 is 0 Å². The molecule has 0 spiro atoms. The fraction of sp³-hybridized carbons (Fsp3) is 0.217. The number of hydrogen-bond donors (Lipinski definition) is 3. The summed E-state index contributed by atoms with van der Waals surface area (Å²) >= 11 is 0. The Morgan fingerprint density at radius 2 is 1.84 bits per heavy atom. The van der Waals surface area contributed by atoms with E-state index >= 15 is 0 Å². The van der Waals surface area contributed by atoms with Crippen molar-refractivity contribution in [3.63, 3.8) is 0 Å². The topological polar surface area (TPSA) is 120 Å². The minimum absolute atomic E-state index is 0.294. The van der Waals surface area contributed by atoms with Crippen molar-refractivity contribution in [3.05, 3.63) is 54.9 Å². The van der Waals surface area contributed by atoms with E-state index in [0.717, 1.165) is 64.8 Å². The lowest BCUT2D eigenvalue weighted by atomic mass is 10.1. The summed E-state index contributed by atoms with van der Waals surface area (Å²) in [6.45, 7) is 1.94. The molecule has 9 heteroatoms. The lowest BCUT2D eigenvalue weighted by Gasteiger charge is -2.23. The monoisotopic (exact) mass is 426 g/mol. The Morgan fingerprint density at radius 3 is 2.69 bits per heavy atom. The van der Waals surface area contributed by atoms with E-state index in [2.05, 4.69) is 25.8 Å². The van der Waals surface area contributed by atoms with Crippen molar-refractivity contribution in [3.8, 4) is 11.3 Å². The van der Waals surface area contributed by atoms with Crippen LogP contribution in [0.3, 0.4) is 0 Å². The summed E-state index contributed by atoms with van der Waals surface area (Å²) in [4.78, 5) is 8.73. The molecule has 5 aromatic rings. The van der Waals surface area contributed by atoms with Gasteiger partial charge in [0, 0.05) is 11.3 Å². The second kappa shape index (κ2) is 7.61. The number of benzene rings is 2. The van der Waals surface area contributed by atoms with Crippen molar-refractivity contribution in [2.75, 3.05) is 24.1 Å². The maximum Gasteiger partial charge on any atom is 0.236 e. The second-order valence-corrected chi connectivity index (χ2v) is 7.96. The van der Waals surface area contributed by atoms with Crippen LogP contribution in [0.15, 0.2) is 59.4 Å². The Labute approximate surface area is 183 Å². The number of nitrogens with one attached hydrogen (secondary N) is 2. The van der Waals surface area contributed by atoms with E-state index in [1.807, 2.05) is 53.2 Å². The van der Waals surface area contributed by atoms with Crippen LogP contribution in [-0.2, 0) is 0 Å².